The van der Waals surface area contributed by atoms with Crippen LogP contribution in [-0.4, -0.2) is 19.9 Å². The van der Waals surface area contributed by atoms with Gasteiger partial charge in [0, 0.05) is 83.2 Å². The zero-order chi connectivity index (χ0) is 21.9. The minimum Gasteiger partial charge on any atom is -0.398 e. The molecule has 0 atom stereocenters. The zero-order valence-electron chi connectivity index (χ0n) is 17.2. The molecule has 154 valence electrons. The van der Waals surface area contributed by atoms with Crippen molar-refractivity contribution < 1.29 is 0 Å². The molecule has 0 spiro atoms. The van der Waals surface area contributed by atoms with E-state index in [1.165, 1.54) is 0 Å². The Morgan fingerprint density at radius 1 is 0.344 bits per heavy atom. The minimum atomic E-state index is 0.634. The summed E-state index contributed by atoms with van der Waals surface area (Å²) in [4.78, 5) is 16.7. The minimum absolute atomic E-state index is 0.634. The Labute approximate surface area is 185 Å². The molecule has 0 amide bonds. The van der Waals surface area contributed by atoms with Crippen LogP contribution in [0.2, 0.25) is 0 Å². The largest absolute Gasteiger partial charge is 0.398 e. The smallest absolute Gasteiger partial charge is 0.0487 e. The summed E-state index contributed by atoms with van der Waals surface area (Å²) in [6.45, 7) is 0. The number of nitrogens with two attached hydrogens (primary N) is 2. The van der Waals surface area contributed by atoms with E-state index in [9.17, 15) is 0 Å². The average molecular weight is 416 g/mol. The van der Waals surface area contributed by atoms with Gasteiger partial charge in [-0.1, -0.05) is 0 Å². The Balaban J connectivity index is 1.97. The third-order valence-corrected chi connectivity index (χ3v) is 5.45. The number of nitrogens with zero attached hydrogens (tertiary/aromatic N) is 4. The predicted octanol–water partition coefficient (Wildman–Crippen LogP) is 5.10. The van der Waals surface area contributed by atoms with Crippen molar-refractivity contribution in [2.75, 3.05) is 11.5 Å². The Morgan fingerprint density at radius 2 is 0.531 bits per heavy atom. The van der Waals surface area contributed by atoms with E-state index in [1.54, 1.807) is 49.6 Å². The number of rotatable bonds is 4. The van der Waals surface area contributed by atoms with E-state index in [1.807, 2.05) is 48.5 Å². The molecule has 6 nitrogen and oxygen atoms in total. The Kier molecular flexibility index (Phi) is 5.01. The lowest BCUT2D eigenvalue weighted by Gasteiger charge is -2.24. The second-order valence-electron chi connectivity index (χ2n) is 7.27. The van der Waals surface area contributed by atoms with Crippen LogP contribution < -0.4 is 11.5 Å². The molecule has 0 saturated heterocycles. The third kappa shape index (κ3) is 3.33. The van der Waals surface area contributed by atoms with E-state index >= 15 is 0 Å². The lowest BCUT2D eigenvalue weighted by Crippen LogP contribution is -2.05. The van der Waals surface area contributed by atoms with Gasteiger partial charge in [-0.2, -0.15) is 0 Å². The highest BCUT2D eigenvalue weighted by molar-refractivity contribution is 6.11. The van der Waals surface area contributed by atoms with Crippen LogP contribution in [0.4, 0.5) is 11.4 Å². The van der Waals surface area contributed by atoms with Crippen LogP contribution in [0, 0.1) is 0 Å². The van der Waals surface area contributed by atoms with Gasteiger partial charge in [0.05, 0.1) is 0 Å². The molecule has 0 aliphatic heterocycles. The second kappa shape index (κ2) is 8.28. The monoisotopic (exact) mass is 416 g/mol. The summed E-state index contributed by atoms with van der Waals surface area (Å²) in [7, 11) is 0. The van der Waals surface area contributed by atoms with Gasteiger partial charge in [0.25, 0.3) is 0 Å². The van der Waals surface area contributed by atoms with Crippen LogP contribution in [0.25, 0.3) is 44.5 Å². The van der Waals surface area contributed by atoms with Gasteiger partial charge >= 0.3 is 0 Å². The molecule has 4 N–H and O–H groups in total. The summed E-state index contributed by atoms with van der Waals surface area (Å²) in [6, 6.07) is 15.5. The Morgan fingerprint density at radius 3 is 0.719 bits per heavy atom. The third-order valence-electron chi connectivity index (χ3n) is 5.45. The van der Waals surface area contributed by atoms with Crippen LogP contribution in [0.1, 0.15) is 0 Å². The van der Waals surface area contributed by atoms with E-state index < -0.39 is 0 Å². The van der Waals surface area contributed by atoms with Gasteiger partial charge in [-0.3, -0.25) is 19.9 Å². The lowest BCUT2D eigenvalue weighted by atomic mass is 9.83. The molecule has 0 radical (unpaired) electrons. The molecule has 4 heterocycles. The molecule has 5 rings (SSSR count). The SMILES string of the molecule is Nc1c(-c2ccncc2)c(-c2ccncc2)c(N)c(-c2ccncc2)c1-c1ccncc1. The van der Waals surface area contributed by atoms with Crippen LogP contribution in [0.3, 0.4) is 0 Å². The number of hydrogen-bond acceptors (Lipinski definition) is 6. The predicted molar refractivity (Wildman–Crippen MR) is 128 cm³/mol. The molecule has 5 aromatic rings. The summed E-state index contributed by atoms with van der Waals surface area (Å²) >= 11 is 0. The first kappa shape index (κ1) is 19.4. The maximum Gasteiger partial charge on any atom is 0.0487 e. The molecular weight excluding hydrogens is 396 g/mol. The van der Waals surface area contributed by atoms with E-state index in [2.05, 4.69) is 19.9 Å². The molecule has 0 unspecified atom stereocenters. The first-order valence-corrected chi connectivity index (χ1v) is 10.1. The fourth-order valence-corrected chi connectivity index (χ4v) is 4.06. The maximum absolute atomic E-state index is 6.96. The van der Waals surface area contributed by atoms with Gasteiger partial charge in [0.1, 0.15) is 0 Å². The fraction of sp³-hybridized carbons (Fsp3) is 0. The molecule has 4 aromatic heterocycles. The number of anilines is 2. The molecule has 1 aromatic carbocycles. The molecule has 32 heavy (non-hydrogen) atoms. The van der Waals surface area contributed by atoms with E-state index in [0.717, 1.165) is 44.5 Å². The molecule has 6 heteroatoms. The molecular formula is C26H20N6. The Hall–Kier alpha value is -4.58. The van der Waals surface area contributed by atoms with Crippen molar-refractivity contribution >= 4 is 11.4 Å². The highest BCUT2D eigenvalue weighted by Crippen LogP contribution is 2.51. The Bertz CT molecular complexity index is 1140. The molecule has 0 aliphatic rings. The van der Waals surface area contributed by atoms with Gasteiger partial charge in [0.2, 0.25) is 0 Å². The van der Waals surface area contributed by atoms with Crippen LogP contribution in [-0.2, 0) is 0 Å². The standard InChI is InChI=1S/C26H20N6/c27-25-21(17-1-9-29-10-2-17)22(18-3-11-30-12-4-18)26(28)24(20-7-15-32-16-8-20)23(25)19-5-13-31-14-6-19/h1-16H,27-28H2. The van der Waals surface area contributed by atoms with Crippen molar-refractivity contribution in [1.82, 2.24) is 19.9 Å². The summed E-state index contributed by atoms with van der Waals surface area (Å²) in [5, 5.41) is 0. The number of benzene rings is 1. The number of pyridine rings is 4. The van der Waals surface area contributed by atoms with E-state index in [0.29, 0.717) is 11.4 Å². The van der Waals surface area contributed by atoms with Gasteiger partial charge in [0.15, 0.2) is 0 Å². The van der Waals surface area contributed by atoms with E-state index in [4.69, 9.17) is 11.5 Å². The second-order valence-corrected chi connectivity index (χ2v) is 7.27. The average Bonchev–Trinajstić information content (AvgIpc) is 2.87. The summed E-state index contributed by atoms with van der Waals surface area (Å²) in [5.41, 5.74) is 22.4. The zero-order valence-corrected chi connectivity index (χ0v) is 17.2. The van der Waals surface area contributed by atoms with E-state index in [-0.39, 0.29) is 0 Å². The van der Waals surface area contributed by atoms with Crippen molar-refractivity contribution in [2.24, 2.45) is 0 Å². The number of hydrogen-bond donors (Lipinski definition) is 2. The normalized spacial score (nSPS) is 10.8. The summed E-state index contributed by atoms with van der Waals surface area (Å²) in [6.07, 6.45) is 14.0. The van der Waals surface area contributed by atoms with Crippen molar-refractivity contribution in [3.8, 4) is 44.5 Å². The molecule has 0 fully saturated rings. The van der Waals surface area contributed by atoms with Crippen LogP contribution >= 0.6 is 0 Å². The first-order chi connectivity index (χ1) is 15.8. The first-order valence-electron chi connectivity index (χ1n) is 10.1. The van der Waals surface area contributed by atoms with Crippen molar-refractivity contribution in [2.45, 2.75) is 0 Å². The van der Waals surface area contributed by atoms with Gasteiger partial charge in [-0.15, -0.1) is 0 Å². The summed E-state index contributed by atoms with van der Waals surface area (Å²) < 4.78 is 0. The molecule has 0 bridgehead atoms. The van der Waals surface area contributed by atoms with Crippen LogP contribution in [0.5, 0.6) is 0 Å². The quantitative estimate of drug-likeness (QED) is 0.395. The topological polar surface area (TPSA) is 104 Å². The molecule has 0 saturated carbocycles. The number of aromatic nitrogens is 4. The van der Waals surface area contributed by atoms with Crippen LogP contribution in [0.15, 0.2) is 98.1 Å². The van der Waals surface area contributed by atoms with Gasteiger partial charge < -0.3 is 11.5 Å². The lowest BCUT2D eigenvalue weighted by molar-refractivity contribution is 1.32. The highest BCUT2D eigenvalue weighted by Gasteiger charge is 2.24. The van der Waals surface area contributed by atoms with Gasteiger partial charge in [-0.25, -0.2) is 0 Å². The summed E-state index contributed by atoms with van der Waals surface area (Å²) in [5.74, 6) is 0. The van der Waals surface area contributed by atoms with Crippen molar-refractivity contribution in [1.29, 1.82) is 0 Å². The number of nitrogen functional groups attached to an aromatic ring is 2. The van der Waals surface area contributed by atoms with Crippen molar-refractivity contribution in [3.63, 3.8) is 0 Å². The van der Waals surface area contributed by atoms with Gasteiger partial charge in [-0.05, 0) is 70.8 Å². The van der Waals surface area contributed by atoms with Crippen molar-refractivity contribution in [3.05, 3.63) is 98.1 Å². The highest BCUT2D eigenvalue weighted by atomic mass is 14.7. The maximum atomic E-state index is 6.96. The fourth-order valence-electron chi connectivity index (χ4n) is 4.06. The molecule has 0 aliphatic carbocycles.